The molecule has 6 rings (SSSR count). The average Bonchev–Trinajstić information content (AvgIpc) is 2.64. The topological polar surface area (TPSA) is 55.2 Å². The van der Waals surface area contributed by atoms with Gasteiger partial charge in [-0.25, -0.2) is 4.68 Å². The van der Waals surface area contributed by atoms with E-state index in [9.17, 15) is 9.59 Å². The van der Waals surface area contributed by atoms with Crippen LogP contribution in [-0.4, -0.2) is 34.2 Å². The van der Waals surface area contributed by atoms with E-state index in [1.54, 1.807) is 0 Å². The fraction of sp³-hybridized carbons (Fsp3) is 0.609. The molecule has 0 spiro atoms. The molecule has 0 aliphatic heterocycles. The van der Waals surface area contributed by atoms with E-state index in [0.29, 0.717) is 10.8 Å². The van der Waals surface area contributed by atoms with Crippen molar-refractivity contribution in [1.82, 2.24) is 14.7 Å². The minimum absolute atomic E-state index is 0.0139. The van der Waals surface area contributed by atoms with Gasteiger partial charge in [0.15, 0.2) is 0 Å². The number of carbonyl (C=O) groups is 1. The lowest BCUT2D eigenvalue weighted by molar-refractivity contribution is -0.136. The van der Waals surface area contributed by atoms with Crippen molar-refractivity contribution >= 4 is 16.7 Å². The maximum absolute atomic E-state index is 13.0. The van der Waals surface area contributed by atoms with Gasteiger partial charge in [0.1, 0.15) is 6.54 Å². The fourth-order valence-electron chi connectivity index (χ4n) is 6.84. The third-order valence-electron chi connectivity index (χ3n) is 7.50. The van der Waals surface area contributed by atoms with Gasteiger partial charge in [0.05, 0.1) is 11.1 Å². The van der Waals surface area contributed by atoms with Gasteiger partial charge in [0, 0.05) is 19.0 Å². The van der Waals surface area contributed by atoms with Crippen molar-refractivity contribution < 1.29 is 4.79 Å². The van der Waals surface area contributed by atoms with Crippen molar-refractivity contribution in [2.45, 2.75) is 52.0 Å². The molecule has 5 heteroatoms. The standard InChI is InChI=1S/C23H29N3O2/c1-15-19-5-3-4-6-20(19)22(28)26(24-15)13-21(27)25(2)14-23-10-16-7-17(11-23)9-18(8-16)12-23/h3-6,16-18H,7-14H2,1-2H3. The molecular weight excluding hydrogens is 350 g/mol. The zero-order valence-electron chi connectivity index (χ0n) is 16.9. The van der Waals surface area contributed by atoms with Crippen molar-refractivity contribution in [2.24, 2.45) is 23.2 Å². The second-order valence-electron chi connectivity index (χ2n) is 9.76. The van der Waals surface area contributed by atoms with Crippen LogP contribution in [0.15, 0.2) is 29.1 Å². The smallest absolute Gasteiger partial charge is 0.275 e. The van der Waals surface area contributed by atoms with Crippen LogP contribution in [0.2, 0.25) is 0 Å². The van der Waals surface area contributed by atoms with Gasteiger partial charge in [-0.2, -0.15) is 5.10 Å². The molecule has 148 valence electrons. The first kappa shape index (κ1) is 17.9. The lowest BCUT2D eigenvalue weighted by Gasteiger charge is -2.57. The SMILES string of the molecule is Cc1nn(CC(=O)N(C)CC23CC4CC(CC(C4)C2)C3)c(=O)c2ccccc12. The summed E-state index contributed by atoms with van der Waals surface area (Å²) in [6.45, 7) is 2.74. The van der Waals surface area contributed by atoms with Gasteiger partial charge in [-0.1, -0.05) is 18.2 Å². The van der Waals surface area contributed by atoms with Gasteiger partial charge >= 0.3 is 0 Å². The molecule has 1 amide bonds. The maximum Gasteiger partial charge on any atom is 0.275 e. The quantitative estimate of drug-likeness (QED) is 0.818. The Morgan fingerprint density at radius 1 is 1.11 bits per heavy atom. The number of benzene rings is 1. The van der Waals surface area contributed by atoms with Crippen LogP contribution in [0.25, 0.3) is 10.8 Å². The van der Waals surface area contributed by atoms with E-state index in [1.807, 2.05) is 43.1 Å². The monoisotopic (exact) mass is 379 g/mol. The first-order chi connectivity index (χ1) is 13.4. The van der Waals surface area contributed by atoms with Gasteiger partial charge < -0.3 is 4.90 Å². The number of hydrogen-bond acceptors (Lipinski definition) is 3. The molecule has 1 aromatic carbocycles. The molecule has 4 aliphatic rings. The van der Waals surface area contributed by atoms with Crippen LogP contribution in [0.4, 0.5) is 0 Å². The van der Waals surface area contributed by atoms with E-state index in [1.165, 1.54) is 43.2 Å². The number of amides is 1. The Bertz CT molecular complexity index is 958. The molecule has 4 aliphatic carbocycles. The number of rotatable bonds is 4. The van der Waals surface area contributed by atoms with Gasteiger partial charge in [-0.3, -0.25) is 9.59 Å². The van der Waals surface area contributed by atoms with Gasteiger partial charge in [-0.15, -0.1) is 0 Å². The molecule has 0 unspecified atom stereocenters. The fourth-order valence-corrected chi connectivity index (χ4v) is 6.84. The van der Waals surface area contributed by atoms with E-state index < -0.39 is 0 Å². The first-order valence-electron chi connectivity index (χ1n) is 10.6. The summed E-state index contributed by atoms with van der Waals surface area (Å²) in [5, 5.41) is 5.90. The number of carbonyl (C=O) groups excluding carboxylic acids is 1. The van der Waals surface area contributed by atoms with Crippen LogP contribution in [0.5, 0.6) is 0 Å². The molecule has 1 heterocycles. The maximum atomic E-state index is 13.0. The van der Waals surface area contributed by atoms with E-state index in [0.717, 1.165) is 35.4 Å². The van der Waals surface area contributed by atoms with E-state index in [4.69, 9.17) is 0 Å². The highest BCUT2D eigenvalue weighted by atomic mass is 16.2. The zero-order chi connectivity index (χ0) is 19.5. The minimum atomic E-state index is -0.183. The lowest BCUT2D eigenvalue weighted by atomic mass is 9.49. The van der Waals surface area contributed by atoms with Crippen LogP contribution in [0.1, 0.15) is 44.2 Å². The van der Waals surface area contributed by atoms with Crippen LogP contribution in [0.3, 0.4) is 0 Å². The van der Waals surface area contributed by atoms with Crippen LogP contribution in [-0.2, 0) is 11.3 Å². The predicted octanol–water partition coefficient (Wildman–Crippen LogP) is 3.38. The largest absolute Gasteiger partial charge is 0.344 e. The summed E-state index contributed by atoms with van der Waals surface area (Å²) < 4.78 is 1.34. The summed E-state index contributed by atoms with van der Waals surface area (Å²) in [7, 11) is 1.90. The molecule has 28 heavy (non-hydrogen) atoms. The molecular formula is C23H29N3O2. The van der Waals surface area contributed by atoms with E-state index >= 15 is 0 Å². The van der Waals surface area contributed by atoms with Crippen molar-refractivity contribution in [3.63, 3.8) is 0 Å². The summed E-state index contributed by atoms with van der Waals surface area (Å²) in [5.41, 5.74) is 0.918. The van der Waals surface area contributed by atoms with Crippen molar-refractivity contribution in [1.29, 1.82) is 0 Å². The highest BCUT2D eigenvalue weighted by molar-refractivity contribution is 5.83. The molecule has 2 aromatic rings. The lowest BCUT2D eigenvalue weighted by Crippen LogP contribution is -2.52. The molecule has 0 radical (unpaired) electrons. The van der Waals surface area contributed by atoms with Gasteiger partial charge in [0.25, 0.3) is 5.56 Å². The predicted molar refractivity (Wildman–Crippen MR) is 109 cm³/mol. The summed E-state index contributed by atoms with van der Waals surface area (Å²) in [4.78, 5) is 27.6. The van der Waals surface area contributed by atoms with Crippen LogP contribution in [0, 0.1) is 30.1 Å². The second-order valence-corrected chi connectivity index (χ2v) is 9.76. The summed E-state index contributed by atoms with van der Waals surface area (Å²) in [6.07, 6.45) is 8.07. The number of aromatic nitrogens is 2. The van der Waals surface area contributed by atoms with Crippen LogP contribution >= 0.6 is 0 Å². The third kappa shape index (κ3) is 2.96. The van der Waals surface area contributed by atoms with E-state index in [2.05, 4.69) is 5.10 Å². The van der Waals surface area contributed by atoms with Crippen molar-refractivity contribution in [3.05, 3.63) is 40.3 Å². The second kappa shape index (κ2) is 6.43. The van der Waals surface area contributed by atoms with Crippen molar-refractivity contribution in [2.75, 3.05) is 13.6 Å². The van der Waals surface area contributed by atoms with Gasteiger partial charge in [-0.05, 0) is 74.7 Å². The van der Waals surface area contributed by atoms with Crippen LogP contribution < -0.4 is 5.56 Å². The van der Waals surface area contributed by atoms with Gasteiger partial charge in [0.2, 0.25) is 5.91 Å². The Balaban J connectivity index is 1.34. The summed E-state index contributed by atoms with van der Waals surface area (Å²) in [6, 6.07) is 7.48. The number of aryl methyl sites for hydroxylation is 1. The van der Waals surface area contributed by atoms with E-state index in [-0.39, 0.29) is 18.0 Å². The molecule has 1 aromatic heterocycles. The summed E-state index contributed by atoms with van der Waals surface area (Å²) >= 11 is 0. The number of hydrogen-bond donors (Lipinski definition) is 0. The summed E-state index contributed by atoms with van der Waals surface area (Å²) in [5.74, 6) is 2.62. The Kier molecular flexibility index (Phi) is 4.11. The number of likely N-dealkylation sites (N-methyl/N-ethyl adjacent to an activating group) is 1. The average molecular weight is 380 g/mol. The Hall–Kier alpha value is -2.17. The minimum Gasteiger partial charge on any atom is -0.344 e. The molecule has 4 bridgehead atoms. The third-order valence-corrected chi connectivity index (χ3v) is 7.50. The van der Waals surface area contributed by atoms with Crippen molar-refractivity contribution in [3.8, 4) is 0 Å². The molecule has 0 N–H and O–H groups in total. The Morgan fingerprint density at radius 3 is 2.29 bits per heavy atom. The molecule has 4 fully saturated rings. The first-order valence-corrected chi connectivity index (χ1v) is 10.6. The molecule has 0 atom stereocenters. The Labute approximate surface area is 165 Å². The highest BCUT2D eigenvalue weighted by Gasteiger charge is 2.51. The molecule has 4 saturated carbocycles. The zero-order valence-corrected chi connectivity index (χ0v) is 16.9. The number of nitrogens with zero attached hydrogens (tertiary/aromatic N) is 3. The Morgan fingerprint density at radius 2 is 1.68 bits per heavy atom. The molecule has 0 saturated heterocycles. The normalized spacial score (nSPS) is 30.7. The number of fused-ring (bicyclic) bond motifs is 1. The molecule has 5 nitrogen and oxygen atoms in total. The highest BCUT2D eigenvalue weighted by Crippen LogP contribution is 2.60.